The number of nitrogens with one attached hydrogen (secondary N) is 3. The van der Waals surface area contributed by atoms with Crippen molar-refractivity contribution < 1.29 is 26.0 Å². The Bertz CT molecular complexity index is 1610. The van der Waals surface area contributed by atoms with Crippen molar-refractivity contribution in [1.82, 2.24) is 25.0 Å². The predicted molar refractivity (Wildman–Crippen MR) is 146 cm³/mol. The Hall–Kier alpha value is -3.84. The predicted octanol–water partition coefficient (Wildman–Crippen LogP) is 4.61. The highest BCUT2D eigenvalue weighted by Gasteiger charge is 2.22. The number of halogens is 4. The van der Waals surface area contributed by atoms with Gasteiger partial charge in [-0.1, -0.05) is 18.7 Å². The summed E-state index contributed by atoms with van der Waals surface area (Å²) in [4.78, 5) is 13.2. The molecule has 0 saturated carbocycles. The van der Waals surface area contributed by atoms with Crippen LogP contribution in [-0.4, -0.2) is 48.7 Å². The third-order valence-corrected chi connectivity index (χ3v) is 7.39. The van der Waals surface area contributed by atoms with Gasteiger partial charge in [0, 0.05) is 37.2 Å². The van der Waals surface area contributed by atoms with Crippen LogP contribution in [0, 0.1) is 18.6 Å². The van der Waals surface area contributed by atoms with Gasteiger partial charge in [0.25, 0.3) is 0 Å². The van der Waals surface area contributed by atoms with Crippen molar-refractivity contribution in [2.45, 2.75) is 38.2 Å². The minimum Gasteiger partial charge on any atom is -0.350 e. The van der Waals surface area contributed by atoms with E-state index >= 15 is 4.39 Å². The number of benzene rings is 1. The molecule has 3 aromatic rings. The van der Waals surface area contributed by atoms with E-state index in [-0.39, 0.29) is 22.9 Å². The number of anilines is 1. The summed E-state index contributed by atoms with van der Waals surface area (Å²) in [6.45, 7) is 7.97. The van der Waals surface area contributed by atoms with Crippen LogP contribution in [0.1, 0.15) is 30.2 Å². The van der Waals surface area contributed by atoms with Gasteiger partial charge < -0.3 is 10.6 Å². The number of fused-ring (bicyclic) bond motifs is 1. The molecular weight excluding hydrogens is 548 g/mol. The van der Waals surface area contributed by atoms with Crippen molar-refractivity contribution in [3.63, 3.8) is 0 Å². The second-order valence-electron chi connectivity index (χ2n) is 9.40. The first-order valence-corrected chi connectivity index (χ1v) is 14.0. The van der Waals surface area contributed by atoms with Crippen molar-refractivity contribution in [3.8, 4) is 0 Å². The summed E-state index contributed by atoms with van der Waals surface area (Å²) in [6.07, 6.45) is 3.11. The number of nitrogens with zero attached hydrogens (tertiary/aromatic N) is 3. The number of hydrogen-bond acceptors (Lipinski definition) is 7. The zero-order chi connectivity index (χ0) is 29.0. The van der Waals surface area contributed by atoms with Gasteiger partial charge in [-0.15, -0.1) is 0 Å². The Morgan fingerprint density at radius 3 is 2.70 bits per heavy atom. The molecule has 4 rings (SSSR count). The highest BCUT2D eigenvalue weighted by Crippen LogP contribution is 2.24. The van der Waals surface area contributed by atoms with E-state index in [0.717, 1.165) is 18.2 Å². The normalized spacial score (nSPS) is 18.6. The molecule has 0 amide bonds. The number of aryl methyl sites for hydroxylation is 1. The van der Waals surface area contributed by atoms with Crippen LogP contribution in [0.4, 0.5) is 23.5 Å². The van der Waals surface area contributed by atoms with Crippen LogP contribution in [0.5, 0.6) is 0 Å². The highest BCUT2D eigenvalue weighted by molar-refractivity contribution is 7.88. The summed E-state index contributed by atoms with van der Waals surface area (Å²) < 4.78 is 83.0. The molecule has 1 fully saturated rings. The quantitative estimate of drug-likeness (QED) is 0.252. The van der Waals surface area contributed by atoms with E-state index in [1.165, 1.54) is 19.2 Å². The SMILES string of the molecule is C=C(/C=C(F)\C(=C/C)NS(=O)(=O)Cc1ccc(F)cc1F)c1cc(C)c2nc(N[C@@H]3CNC[C@@H](F)C3)ncc2n1. The minimum atomic E-state index is -4.23. The number of rotatable bonds is 9. The monoisotopic (exact) mass is 576 g/mol. The first-order chi connectivity index (χ1) is 18.9. The summed E-state index contributed by atoms with van der Waals surface area (Å²) >= 11 is 0. The lowest BCUT2D eigenvalue weighted by Crippen LogP contribution is -2.44. The topological polar surface area (TPSA) is 109 Å². The molecule has 3 N–H and O–H groups in total. The summed E-state index contributed by atoms with van der Waals surface area (Å²) in [5.41, 5.74) is 1.49. The smallest absolute Gasteiger partial charge is 0.237 e. The lowest BCUT2D eigenvalue weighted by Gasteiger charge is -2.26. The van der Waals surface area contributed by atoms with E-state index in [9.17, 15) is 21.6 Å². The maximum atomic E-state index is 15.1. The number of piperidine rings is 1. The Morgan fingerprint density at radius 1 is 1.23 bits per heavy atom. The summed E-state index contributed by atoms with van der Waals surface area (Å²) in [6, 6.07) is 4.01. The molecule has 1 aliphatic rings. The van der Waals surface area contributed by atoms with Crippen LogP contribution in [0.25, 0.3) is 16.6 Å². The van der Waals surface area contributed by atoms with Crippen molar-refractivity contribution >= 4 is 32.6 Å². The van der Waals surface area contributed by atoms with E-state index in [1.54, 1.807) is 13.0 Å². The number of aromatic nitrogens is 3. The van der Waals surface area contributed by atoms with Gasteiger partial charge in [0.15, 0.2) is 0 Å². The van der Waals surface area contributed by atoms with E-state index in [2.05, 4.69) is 36.9 Å². The molecule has 40 heavy (non-hydrogen) atoms. The maximum Gasteiger partial charge on any atom is 0.237 e. The van der Waals surface area contributed by atoms with Gasteiger partial charge in [-0.2, -0.15) is 0 Å². The minimum absolute atomic E-state index is 0.148. The number of hydrogen-bond donors (Lipinski definition) is 3. The Morgan fingerprint density at radius 2 is 2.00 bits per heavy atom. The molecule has 1 aliphatic heterocycles. The van der Waals surface area contributed by atoms with Crippen LogP contribution in [0.3, 0.4) is 0 Å². The molecule has 0 aliphatic carbocycles. The number of allylic oxidation sites excluding steroid dienone is 4. The van der Waals surface area contributed by atoms with Crippen molar-refractivity contribution in [3.05, 3.63) is 89.2 Å². The zero-order valence-corrected chi connectivity index (χ0v) is 22.6. The third kappa shape index (κ3) is 7.21. The van der Waals surface area contributed by atoms with Gasteiger partial charge >= 0.3 is 0 Å². The molecular formula is C27H28F4N6O2S. The molecule has 3 heterocycles. The fourth-order valence-corrected chi connectivity index (χ4v) is 5.46. The standard InChI is InChI=1S/C27H28F4N6O2S/c1-4-23(37-40(38,39)14-17-5-6-18(28)10-21(17)30)22(31)7-15(2)24-8-16(3)26-25(35-24)13-33-27(36-26)34-20-9-19(29)11-32-12-20/h4-8,10,13,19-20,32,37H,2,9,11-12,14H2,1,3H3,(H,33,34,36)/b22-7+,23-4+/t19-,20-/m0/s1. The second kappa shape index (κ2) is 12.1. The fourth-order valence-electron chi connectivity index (χ4n) is 4.20. The summed E-state index contributed by atoms with van der Waals surface area (Å²) in [7, 11) is -4.23. The van der Waals surface area contributed by atoms with Gasteiger partial charge in [-0.3, -0.25) is 4.72 Å². The lowest BCUT2D eigenvalue weighted by atomic mass is 10.1. The van der Waals surface area contributed by atoms with Gasteiger partial charge in [-0.05, 0) is 43.2 Å². The van der Waals surface area contributed by atoms with Crippen LogP contribution in [0.15, 0.2) is 60.7 Å². The average molecular weight is 577 g/mol. The molecule has 13 heteroatoms. The Balaban J connectivity index is 1.49. The summed E-state index contributed by atoms with van der Waals surface area (Å²) in [5, 5.41) is 6.13. The van der Waals surface area contributed by atoms with Gasteiger partial charge in [0.2, 0.25) is 16.0 Å². The molecule has 2 aromatic heterocycles. The number of sulfonamides is 1. The fraction of sp³-hybridized carbons (Fsp3) is 0.296. The van der Waals surface area contributed by atoms with Crippen LogP contribution in [0.2, 0.25) is 0 Å². The summed E-state index contributed by atoms with van der Waals surface area (Å²) in [5.74, 6) is -3.30. The highest BCUT2D eigenvalue weighted by atomic mass is 32.2. The molecule has 2 atom stereocenters. The molecule has 0 bridgehead atoms. The maximum absolute atomic E-state index is 15.1. The van der Waals surface area contributed by atoms with Crippen molar-refractivity contribution in [2.24, 2.45) is 0 Å². The zero-order valence-electron chi connectivity index (χ0n) is 21.8. The van der Waals surface area contributed by atoms with Crippen LogP contribution < -0.4 is 15.4 Å². The first kappa shape index (κ1) is 29.2. The third-order valence-electron chi connectivity index (χ3n) is 6.17. The molecule has 8 nitrogen and oxygen atoms in total. The number of alkyl halides is 1. The van der Waals surface area contributed by atoms with Crippen molar-refractivity contribution in [1.29, 1.82) is 0 Å². The van der Waals surface area contributed by atoms with E-state index in [1.807, 2.05) is 0 Å². The molecule has 1 aromatic carbocycles. The van der Waals surface area contributed by atoms with E-state index < -0.39 is 39.4 Å². The van der Waals surface area contributed by atoms with Gasteiger partial charge in [0.1, 0.15) is 29.1 Å². The molecule has 1 saturated heterocycles. The van der Waals surface area contributed by atoms with Crippen LogP contribution in [-0.2, 0) is 15.8 Å². The molecule has 212 valence electrons. The first-order valence-electron chi connectivity index (χ1n) is 12.4. The van der Waals surface area contributed by atoms with Crippen LogP contribution >= 0.6 is 0 Å². The van der Waals surface area contributed by atoms with Gasteiger partial charge in [0.05, 0.1) is 28.9 Å². The average Bonchev–Trinajstić information content (AvgIpc) is 2.89. The molecule has 0 radical (unpaired) electrons. The van der Waals surface area contributed by atoms with Crippen molar-refractivity contribution in [2.75, 3.05) is 18.4 Å². The molecule has 0 unspecified atom stereocenters. The van der Waals surface area contributed by atoms with Gasteiger partial charge in [-0.25, -0.2) is 40.9 Å². The molecule has 0 spiro atoms. The largest absolute Gasteiger partial charge is 0.350 e. The second-order valence-corrected chi connectivity index (χ2v) is 11.1. The van der Waals surface area contributed by atoms with E-state index in [4.69, 9.17) is 0 Å². The number of pyridine rings is 1. The van der Waals surface area contributed by atoms with E-state index in [0.29, 0.717) is 53.8 Å². The lowest BCUT2D eigenvalue weighted by molar-refractivity contribution is 0.254. The Labute approximate surface area is 229 Å². The Kier molecular flexibility index (Phi) is 8.84.